The van der Waals surface area contributed by atoms with Gasteiger partial charge in [0.1, 0.15) is 11.3 Å². The topological polar surface area (TPSA) is 83.3 Å². The van der Waals surface area contributed by atoms with Crippen LogP contribution in [0.15, 0.2) is 65.7 Å². The van der Waals surface area contributed by atoms with Gasteiger partial charge in [0, 0.05) is 23.5 Å². The summed E-state index contributed by atoms with van der Waals surface area (Å²) in [5, 5.41) is 23.3. The molecule has 0 amide bonds. The first-order valence-corrected chi connectivity index (χ1v) is 8.57. The lowest BCUT2D eigenvalue weighted by Gasteiger charge is -2.07. The number of nitrogens with zero attached hydrogens (tertiary/aromatic N) is 4. The van der Waals surface area contributed by atoms with Crippen molar-refractivity contribution in [1.82, 2.24) is 14.2 Å². The Hall–Kier alpha value is -3.76. The van der Waals surface area contributed by atoms with E-state index in [1.807, 2.05) is 6.07 Å². The minimum atomic E-state index is -0.423. The quantitative estimate of drug-likeness (QED) is 0.595. The second-order valence-corrected chi connectivity index (χ2v) is 6.33. The van der Waals surface area contributed by atoms with Gasteiger partial charge in [-0.05, 0) is 29.8 Å². The lowest BCUT2D eigenvalue weighted by Crippen LogP contribution is -2.22. The van der Waals surface area contributed by atoms with E-state index in [1.165, 1.54) is 21.2 Å². The Labute approximate surface area is 159 Å². The van der Waals surface area contributed by atoms with Crippen LogP contribution in [-0.2, 0) is 13.2 Å². The number of halogens is 1. The van der Waals surface area contributed by atoms with E-state index in [9.17, 15) is 14.3 Å². The van der Waals surface area contributed by atoms with Crippen LogP contribution in [0.25, 0.3) is 16.8 Å². The van der Waals surface area contributed by atoms with Crippen LogP contribution < -0.4 is 5.56 Å². The van der Waals surface area contributed by atoms with Crippen LogP contribution in [-0.4, -0.2) is 19.3 Å². The Kier molecular flexibility index (Phi) is 4.47. The summed E-state index contributed by atoms with van der Waals surface area (Å²) < 4.78 is 16.5. The van der Waals surface area contributed by atoms with E-state index >= 15 is 0 Å². The molecule has 0 bridgehead atoms. The van der Waals surface area contributed by atoms with Gasteiger partial charge in [-0.15, -0.1) is 0 Å². The third kappa shape index (κ3) is 3.06. The van der Waals surface area contributed by atoms with Gasteiger partial charge in [0.05, 0.1) is 30.5 Å². The zero-order valence-corrected chi connectivity index (χ0v) is 14.7. The van der Waals surface area contributed by atoms with Gasteiger partial charge in [-0.3, -0.25) is 4.79 Å². The van der Waals surface area contributed by atoms with E-state index in [-0.39, 0.29) is 17.6 Å². The summed E-state index contributed by atoms with van der Waals surface area (Å²) in [4.78, 5) is 13.0. The van der Waals surface area contributed by atoms with Gasteiger partial charge < -0.3 is 9.67 Å². The Balaban J connectivity index is 1.85. The molecule has 0 aliphatic carbocycles. The highest BCUT2D eigenvalue weighted by atomic mass is 19.1. The number of hydrogen-bond acceptors (Lipinski definition) is 4. The molecule has 4 aromatic rings. The van der Waals surface area contributed by atoms with Crippen molar-refractivity contribution in [3.8, 4) is 17.3 Å². The van der Waals surface area contributed by atoms with Crippen molar-refractivity contribution < 1.29 is 9.50 Å². The Morgan fingerprint density at radius 2 is 1.96 bits per heavy atom. The molecule has 0 fully saturated rings. The van der Waals surface area contributed by atoms with E-state index in [4.69, 9.17) is 5.26 Å². The number of aromatic nitrogens is 3. The third-order valence-electron chi connectivity index (χ3n) is 4.52. The normalized spacial score (nSPS) is 10.9. The van der Waals surface area contributed by atoms with Crippen molar-refractivity contribution in [1.29, 1.82) is 5.26 Å². The molecular formula is C21H15FN4O2. The highest BCUT2D eigenvalue weighted by Gasteiger charge is 2.18. The predicted octanol–water partition coefficient (Wildman–Crippen LogP) is 2.71. The lowest BCUT2D eigenvalue weighted by atomic mass is 10.1. The lowest BCUT2D eigenvalue weighted by molar-refractivity contribution is 0.283. The number of hydrogen-bond donors (Lipinski definition) is 1. The van der Waals surface area contributed by atoms with Crippen molar-refractivity contribution in [2.45, 2.75) is 13.2 Å². The van der Waals surface area contributed by atoms with Crippen molar-refractivity contribution in [2.75, 3.05) is 0 Å². The fourth-order valence-electron chi connectivity index (χ4n) is 3.23. The average Bonchev–Trinajstić information content (AvgIpc) is 3.10. The molecule has 4 rings (SSSR count). The molecule has 6 nitrogen and oxygen atoms in total. The van der Waals surface area contributed by atoms with Gasteiger partial charge in [-0.2, -0.15) is 10.4 Å². The van der Waals surface area contributed by atoms with E-state index in [2.05, 4.69) is 11.2 Å². The molecule has 0 saturated carbocycles. The van der Waals surface area contributed by atoms with Crippen LogP contribution in [0.2, 0.25) is 0 Å². The molecule has 0 spiro atoms. The average molecular weight is 374 g/mol. The molecule has 2 aromatic heterocycles. The molecule has 138 valence electrons. The maximum absolute atomic E-state index is 13.6. The van der Waals surface area contributed by atoms with E-state index in [0.29, 0.717) is 22.4 Å². The zero-order chi connectivity index (χ0) is 19.7. The largest absolute Gasteiger partial charge is 0.392 e. The first kappa shape index (κ1) is 17.6. The molecule has 28 heavy (non-hydrogen) atoms. The smallest absolute Gasteiger partial charge is 0.277 e. The molecule has 0 atom stereocenters. The highest BCUT2D eigenvalue weighted by Crippen LogP contribution is 2.25. The van der Waals surface area contributed by atoms with Crippen LogP contribution in [0.5, 0.6) is 0 Å². The summed E-state index contributed by atoms with van der Waals surface area (Å²) in [6.07, 6.45) is 3.21. The minimum absolute atomic E-state index is 0.237. The van der Waals surface area contributed by atoms with E-state index < -0.39 is 12.4 Å². The predicted molar refractivity (Wildman–Crippen MR) is 101 cm³/mol. The first-order valence-electron chi connectivity index (χ1n) is 8.57. The monoisotopic (exact) mass is 374 g/mol. The molecule has 0 radical (unpaired) electrons. The summed E-state index contributed by atoms with van der Waals surface area (Å²) in [7, 11) is 0. The van der Waals surface area contributed by atoms with Gasteiger partial charge in [0.2, 0.25) is 0 Å². The summed E-state index contributed by atoms with van der Waals surface area (Å²) in [6.45, 7) is -0.130. The fraction of sp³-hybridized carbons (Fsp3) is 0.0952. The van der Waals surface area contributed by atoms with Gasteiger partial charge in [0.15, 0.2) is 0 Å². The van der Waals surface area contributed by atoms with E-state index in [1.54, 1.807) is 42.7 Å². The number of aliphatic hydroxyl groups is 1. The molecular weight excluding hydrogens is 359 g/mol. The SMILES string of the molecule is N#Cc1cccc(Cn2ccn3nc(-c4cccc(F)c4)c(CO)c3c2=O)c1. The Morgan fingerprint density at radius 3 is 2.71 bits per heavy atom. The molecule has 0 aliphatic rings. The van der Waals surface area contributed by atoms with Crippen molar-refractivity contribution >= 4 is 5.52 Å². The maximum atomic E-state index is 13.6. The second-order valence-electron chi connectivity index (χ2n) is 6.33. The van der Waals surface area contributed by atoms with Crippen LogP contribution >= 0.6 is 0 Å². The van der Waals surface area contributed by atoms with E-state index in [0.717, 1.165) is 5.56 Å². The minimum Gasteiger partial charge on any atom is -0.392 e. The number of nitriles is 1. The number of benzene rings is 2. The summed E-state index contributed by atoms with van der Waals surface area (Å²) in [6, 6.07) is 14.9. The van der Waals surface area contributed by atoms with Gasteiger partial charge in [0.25, 0.3) is 5.56 Å². The third-order valence-corrected chi connectivity index (χ3v) is 4.52. The molecule has 0 saturated heterocycles. The molecule has 7 heteroatoms. The number of fused-ring (bicyclic) bond motifs is 1. The van der Waals surface area contributed by atoms with Crippen molar-refractivity contribution in [2.24, 2.45) is 0 Å². The van der Waals surface area contributed by atoms with Gasteiger partial charge in [-0.1, -0.05) is 24.3 Å². The molecule has 0 aliphatic heterocycles. The second kappa shape index (κ2) is 7.10. The van der Waals surface area contributed by atoms with Crippen LogP contribution in [0.4, 0.5) is 4.39 Å². The number of aliphatic hydroxyl groups excluding tert-OH is 1. The molecule has 1 N–H and O–H groups in total. The summed E-state index contributed by atoms with van der Waals surface area (Å²) in [5.41, 5.74) is 2.42. The summed E-state index contributed by atoms with van der Waals surface area (Å²) >= 11 is 0. The van der Waals surface area contributed by atoms with Crippen LogP contribution in [0.1, 0.15) is 16.7 Å². The Morgan fingerprint density at radius 1 is 1.14 bits per heavy atom. The molecule has 2 heterocycles. The summed E-state index contributed by atoms with van der Waals surface area (Å²) in [5.74, 6) is -0.423. The highest BCUT2D eigenvalue weighted by molar-refractivity contribution is 5.72. The van der Waals surface area contributed by atoms with Crippen molar-refractivity contribution in [3.63, 3.8) is 0 Å². The van der Waals surface area contributed by atoms with Crippen LogP contribution in [0, 0.1) is 17.1 Å². The van der Waals surface area contributed by atoms with Gasteiger partial charge in [-0.25, -0.2) is 8.91 Å². The first-order chi connectivity index (χ1) is 13.6. The van der Waals surface area contributed by atoms with Gasteiger partial charge >= 0.3 is 0 Å². The maximum Gasteiger partial charge on any atom is 0.277 e. The molecule has 0 unspecified atom stereocenters. The molecule has 2 aromatic carbocycles. The van der Waals surface area contributed by atoms with Crippen LogP contribution in [0.3, 0.4) is 0 Å². The standard InChI is InChI=1S/C21H15FN4O2/c22-17-6-2-5-16(10-17)19-18(13-27)20-21(28)25(7-8-26(20)24-19)12-15-4-1-3-14(9-15)11-23/h1-10,27H,12-13H2. The number of rotatable bonds is 4. The zero-order valence-electron chi connectivity index (χ0n) is 14.7. The Bertz CT molecular complexity index is 1280. The fourth-order valence-corrected chi connectivity index (χ4v) is 3.23. The van der Waals surface area contributed by atoms with Crippen molar-refractivity contribution in [3.05, 3.63) is 93.8 Å².